The monoisotopic (exact) mass is 499 g/mol. The number of amides is 1. The minimum atomic E-state index is 0.0240. The number of anilines is 1. The zero-order chi connectivity index (χ0) is 25.5. The molecular formula is C28H33N7O2. The fraction of sp³-hybridized carbons (Fsp3) is 0.357. The third-order valence-corrected chi connectivity index (χ3v) is 6.78. The highest BCUT2D eigenvalue weighted by Gasteiger charge is 2.21. The largest absolute Gasteiger partial charge is 0.497 e. The van der Waals surface area contributed by atoms with Gasteiger partial charge in [-0.05, 0) is 29.7 Å². The van der Waals surface area contributed by atoms with E-state index in [-0.39, 0.29) is 5.91 Å². The van der Waals surface area contributed by atoms with Crippen LogP contribution in [0, 0.1) is 0 Å². The minimum Gasteiger partial charge on any atom is -0.497 e. The van der Waals surface area contributed by atoms with Crippen molar-refractivity contribution in [3.05, 3.63) is 78.2 Å². The van der Waals surface area contributed by atoms with Crippen molar-refractivity contribution >= 4 is 22.8 Å². The van der Waals surface area contributed by atoms with Crippen molar-refractivity contribution < 1.29 is 9.53 Å². The molecule has 1 saturated heterocycles. The summed E-state index contributed by atoms with van der Waals surface area (Å²) in [5.41, 5.74) is 3.25. The molecule has 0 saturated carbocycles. The number of aromatic nitrogens is 4. The number of ether oxygens (including phenoxy) is 1. The Morgan fingerprint density at radius 2 is 1.76 bits per heavy atom. The number of hydrogen-bond donors (Lipinski definition) is 1. The molecule has 4 aromatic rings. The van der Waals surface area contributed by atoms with Crippen molar-refractivity contribution in [1.82, 2.24) is 30.0 Å². The second-order valence-corrected chi connectivity index (χ2v) is 9.25. The van der Waals surface area contributed by atoms with Crippen molar-refractivity contribution in [2.75, 3.05) is 44.7 Å². The number of fused-ring (bicyclic) bond motifs is 1. The van der Waals surface area contributed by atoms with Gasteiger partial charge in [0.2, 0.25) is 5.91 Å². The molecule has 9 nitrogen and oxygen atoms in total. The van der Waals surface area contributed by atoms with Crippen LogP contribution in [0.1, 0.15) is 17.5 Å². The van der Waals surface area contributed by atoms with Gasteiger partial charge >= 0.3 is 0 Å². The number of benzene rings is 2. The average Bonchev–Trinajstić information content (AvgIpc) is 3.36. The standard InChI is InChI=1S/C28H33N7O2/c1-37-24-10-7-22(8-11-24)9-12-26(36)29-13-14-35-28-25(19-32-35)27(30-21-31-28)34-17-15-33(16-18-34)20-23-5-3-2-4-6-23/h2-8,10-11,19,21H,9,12-18,20H2,1H3,(H,29,36). The highest BCUT2D eigenvalue weighted by molar-refractivity contribution is 5.86. The lowest BCUT2D eigenvalue weighted by atomic mass is 10.1. The number of piperazine rings is 1. The van der Waals surface area contributed by atoms with E-state index in [1.807, 2.05) is 35.1 Å². The Balaban J connectivity index is 1.12. The van der Waals surface area contributed by atoms with Crippen molar-refractivity contribution in [2.24, 2.45) is 0 Å². The number of nitrogens with one attached hydrogen (secondary N) is 1. The maximum absolute atomic E-state index is 12.3. The molecule has 1 amide bonds. The van der Waals surface area contributed by atoms with Crippen LogP contribution in [0.25, 0.3) is 11.0 Å². The molecule has 9 heteroatoms. The Kier molecular flexibility index (Phi) is 7.90. The molecule has 3 heterocycles. The maximum atomic E-state index is 12.3. The van der Waals surface area contributed by atoms with Gasteiger partial charge in [0.25, 0.3) is 0 Å². The first-order valence-electron chi connectivity index (χ1n) is 12.8. The molecule has 0 unspecified atom stereocenters. The van der Waals surface area contributed by atoms with Gasteiger partial charge in [-0.25, -0.2) is 14.6 Å². The lowest BCUT2D eigenvalue weighted by molar-refractivity contribution is -0.121. The van der Waals surface area contributed by atoms with Crippen LogP contribution >= 0.6 is 0 Å². The Hall–Kier alpha value is -3.98. The molecule has 5 rings (SSSR count). The quantitative estimate of drug-likeness (QED) is 0.359. The van der Waals surface area contributed by atoms with E-state index >= 15 is 0 Å². The molecule has 37 heavy (non-hydrogen) atoms. The van der Waals surface area contributed by atoms with Crippen LogP contribution in [0.3, 0.4) is 0 Å². The van der Waals surface area contributed by atoms with Crippen LogP contribution < -0.4 is 15.0 Å². The van der Waals surface area contributed by atoms with Crippen LogP contribution in [-0.2, 0) is 24.3 Å². The molecule has 0 atom stereocenters. The summed E-state index contributed by atoms with van der Waals surface area (Å²) in [5.74, 6) is 1.77. The normalized spacial score (nSPS) is 14.1. The fourth-order valence-electron chi connectivity index (χ4n) is 4.70. The van der Waals surface area contributed by atoms with Gasteiger partial charge in [-0.15, -0.1) is 0 Å². The highest BCUT2D eigenvalue weighted by Crippen LogP contribution is 2.24. The molecule has 0 radical (unpaired) electrons. The molecular weight excluding hydrogens is 466 g/mol. The van der Waals surface area contributed by atoms with Crippen molar-refractivity contribution in [3.63, 3.8) is 0 Å². The zero-order valence-corrected chi connectivity index (χ0v) is 21.2. The third kappa shape index (κ3) is 6.24. The Labute approximate surface area is 217 Å². The van der Waals surface area contributed by atoms with Gasteiger partial charge in [0.1, 0.15) is 17.9 Å². The smallest absolute Gasteiger partial charge is 0.220 e. The molecule has 0 spiro atoms. The lowest BCUT2D eigenvalue weighted by Gasteiger charge is -2.35. The average molecular weight is 500 g/mol. The summed E-state index contributed by atoms with van der Waals surface area (Å²) in [7, 11) is 1.65. The molecule has 192 valence electrons. The predicted octanol–water partition coefficient (Wildman–Crippen LogP) is 2.91. The van der Waals surface area contributed by atoms with Gasteiger partial charge in [0.15, 0.2) is 5.65 Å². The van der Waals surface area contributed by atoms with E-state index in [1.54, 1.807) is 13.4 Å². The van der Waals surface area contributed by atoms with Gasteiger partial charge in [-0.3, -0.25) is 9.69 Å². The van der Waals surface area contributed by atoms with Gasteiger partial charge in [-0.1, -0.05) is 42.5 Å². The second-order valence-electron chi connectivity index (χ2n) is 9.25. The van der Waals surface area contributed by atoms with Crippen molar-refractivity contribution in [2.45, 2.75) is 25.9 Å². The van der Waals surface area contributed by atoms with Gasteiger partial charge in [-0.2, -0.15) is 5.10 Å². The first kappa shape index (κ1) is 24.7. The molecule has 2 aromatic carbocycles. The van der Waals surface area contributed by atoms with E-state index < -0.39 is 0 Å². The van der Waals surface area contributed by atoms with Crippen molar-refractivity contribution in [3.8, 4) is 5.75 Å². The molecule has 1 aliphatic rings. The highest BCUT2D eigenvalue weighted by atomic mass is 16.5. The van der Waals surface area contributed by atoms with E-state index in [1.165, 1.54) is 5.56 Å². The molecule has 2 aromatic heterocycles. The summed E-state index contributed by atoms with van der Waals surface area (Å²) in [4.78, 5) is 26.2. The molecule has 0 bridgehead atoms. The van der Waals surface area contributed by atoms with E-state index in [0.29, 0.717) is 25.9 Å². The first-order chi connectivity index (χ1) is 18.2. The van der Waals surface area contributed by atoms with Crippen LogP contribution in [0.2, 0.25) is 0 Å². The Morgan fingerprint density at radius 1 is 0.973 bits per heavy atom. The number of carbonyl (C=O) groups excluding carboxylic acids is 1. The number of carbonyl (C=O) groups is 1. The van der Waals surface area contributed by atoms with Crippen LogP contribution in [0.5, 0.6) is 5.75 Å². The third-order valence-electron chi connectivity index (χ3n) is 6.78. The molecule has 1 fully saturated rings. The zero-order valence-electron chi connectivity index (χ0n) is 21.2. The summed E-state index contributed by atoms with van der Waals surface area (Å²) < 4.78 is 7.02. The summed E-state index contributed by atoms with van der Waals surface area (Å²) in [6.07, 6.45) is 4.58. The van der Waals surface area contributed by atoms with Crippen LogP contribution in [0.4, 0.5) is 5.82 Å². The van der Waals surface area contributed by atoms with E-state index in [9.17, 15) is 4.79 Å². The van der Waals surface area contributed by atoms with Crippen LogP contribution in [0.15, 0.2) is 67.1 Å². The second kappa shape index (κ2) is 11.8. The Morgan fingerprint density at radius 3 is 2.51 bits per heavy atom. The van der Waals surface area contributed by atoms with E-state index in [2.05, 4.69) is 60.5 Å². The molecule has 1 N–H and O–H groups in total. The fourth-order valence-corrected chi connectivity index (χ4v) is 4.70. The topological polar surface area (TPSA) is 88.4 Å². The summed E-state index contributed by atoms with van der Waals surface area (Å²) in [6.45, 7) is 5.81. The van der Waals surface area contributed by atoms with Gasteiger partial charge in [0, 0.05) is 45.7 Å². The van der Waals surface area contributed by atoms with E-state index in [0.717, 1.165) is 60.9 Å². The number of rotatable bonds is 10. The minimum absolute atomic E-state index is 0.0240. The number of methoxy groups -OCH3 is 1. The number of hydrogen-bond acceptors (Lipinski definition) is 7. The number of nitrogens with zero attached hydrogens (tertiary/aromatic N) is 6. The maximum Gasteiger partial charge on any atom is 0.220 e. The molecule has 0 aliphatic carbocycles. The van der Waals surface area contributed by atoms with E-state index in [4.69, 9.17) is 4.74 Å². The van der Waals surface area contributed by atoms with Gasteiger partial charge < -0.3 is 15.0 Å². The van der Waals surface area contributed by atoms with Crippen LogP contribution in [-0.4, -0.2) is 70.4 Å². The summed E-state index contributed by atoms with van der Waals surface area (Å²) >= 11 is 0. The SMILES string of the molecule is COc1ccc(CCC(=O)NCCn2ncc3c(N4CCN(Cc5ccccc5)CC4)ncnc32)cc1. The first-order valence-corrected chi connectivity index (χ1v) is 12.8. The lowest BCUT2D eigenvalue weighted by Crippen LogP contribution is -2.46. The number of aryl methyl sites for hydroxylation is 1. The summed E-state index contributed by atoms with van der Waals surface area (Å²) in [5, 5.41) is 8.49. The Bertz CT molecular complexity index is 1300. The molecule has 1 aliphatic heterocycles. The van der Waals surface area contributed by atoms with Crippen molar-refractivity contribution in [1.29, 1.82) is 0 Å². The van der Waals surface area contributed by atoms with Gasteiger partial charge in [0.05, 0.1) is 25.2 Å². The summed E-state index contributed by atoms with van der Waals surface area (Å²) in [6, 6.07) is 18.4. The predicted molar refractivity (Wildman–Crippen MR) is 144 cm³/mol.